The molecule has 0 nitrogen and oxygen atoms in total. The van der Waals surface area contributed by atoms with Gasteiger partial charge in [-0.3, -0.25) is 0 Å². The summed E-state index contributed by atoms with van der Waals surface area (Å²) in [5.41, 5.74) is 1.85. The Morgan fingerprint density at radius 3 is 1.18 bits per heavy atom. The summed E-state index contributed by atoms with van der Waals surface area (Å²) in [5, 5.41) is 6.42. The van der Waals surface area contributed by atoms with Crippen LogP contribution in [0, 0.1) is 14.9 Å². The fourth-order valence-electron chi connectivity index (χ4n) is 5.54. The third kappa shape index (κ3) is 6.43. The summed E-state index contributed by atoms with van der Waals surface area (Å²) in [4.78, 5) is 0. The standard InChI is InChI=1S/C34H24F6Si.2CH3.Hf/c1-41(2,27-17-23-5-3-7-29(31(23)19-27)21-9-13-25(14-10-21)33(35,36)37)28-18-24-6-4-8-30(32(24)20-28)22-11-15-26(16-12-22)34(38,39)40;;;/h3-20H,1-2H3;2*1H3;/q-2;2*-1;+4. The molecule has 0 heterocycles. The topological polar surface area (TPSA) is 0 Å². The van der Waals surface area contributed by atoms with Crippen molar-refractivity contribution in [1.82, 2.24) is 0 Å². The van der Waals surface area contributed by atoms with E-state index in [4.69, 9.17) is 0 Å². The molecule has 6 aromatic carbocycles. The number of fused-ring (bicyclic) bond motifs is 2. The molecule has 0 unspecified atom stereocenters. The summed E-state index contributed by atoms with van der Waals surface area (Å²) in [5.74, 6) is 0. The molecule has 0 amide bonds. The van der Waals surface area contributed by atoms with Crippen molar-refractivity contribution in [2.45, 2.75) is 25.4 Å². The van der Waals surface area contributed by atoms with Crippen molar-refractivity contribution in [2.75, 3.05) is 0 Å². The molecular formula is C36H30F6HfSi. The molecule has 0 aromatic heterocycles. The van der Waals surface area contributed by atoms with E-state index in [9.17, 15) is 26.3 Å². The number of rotatable bonds is 4. The third-order valence-corrected chi connectivity index (χ3v) is 11.5. The van der Waals surface area contributed by atoms with Crippen LogP contribution in [0.3, 0.4) is 0 Å². The summed E-state index contributed by atoms with van der Waals surface area (Å²) in [6.07, 6.45) is -8.77. The fraction of sp³-hybridized carbons (Fsp3) is 0.111. The number of hydrogen-bond donors (Lipinski definition) is 0. The molecule has 0 bridgehead atoms. The molecule has 0 fully saturated rings. The zero-order valence-electron chi connectivity index (χ0n) is 24.7. The monoisotopic (exact) mass is 784 g/mol. The van der Waals surface area contributed by atoms with Crippen LogP contribution >= 0.6 is 0 Å². The first-order chi connectivity index (χ1) is 19.3. The smallest absolute Gasteiger partial charge is 0.358 e. The summed E-state index contributed by atoms with van der Waals surface area (Å²) in [6, 6.07) is 30.9. The van der Waals surface area contributed by atoms with E-state index in [1.807, 2.05) is 36.4 Å². The van der Waals surface area contributed by atoms with Gasteiger partial charge in [-0.15, -0.1) is 68.3 Å². The maximum atomic E-state index is 13.1. The Morgan fingerprint density at radius 1 is 0.523 bits per heavy atom. The second kappa shape index (κ2) is 12.6. The van der Waals surface area contributed by atoms with E-state index in [2.05, 4.69) is 37.4 Å². The van der Waals surface area contributed by atoms with Gasteiger partial charge < -0.3 is 14.9 Å². The van der Waals surface area contributed by atoms with E-state index in [1.165, 1.54) is 34.6 Å². The molecule has 0 atom stereocenters. The van der Waals surface area contributed by atoms with Crippen molar-refractivity contribution < 1.29 is 52.2 Å². The molecule has 0 radical (unpaired) electrons. The minimum absolute atomic E-state index is 0. The molecule has 0 N–H and O–H groups in total. The molecule has 0 saturated heterocycles. The maximum absolute atomic E-state index is 13.1. The Bertz CT molecular complexity index is 1730. The van der Waals surface area contributed by atoms with E-state index in [-0.39, 0.29) is 40.7 Å². The Kier molecular flexibility index (Phi) is 10.1. The summed E-state index contributed by atoms with van der Waals surface area (Å²) in [6.45, 7) is 4.51. The zero-order valence-corrected chi connectivity index (χ0v) is 29.3. The van der Waals surface area contributed by atoms with E-state index in [1.54, 1.807) is 0 Å². The molecule has 6 rings (SSSR count). The number of hydrogen-bond acceptors (Lipinski definition) is 0. The average molecular weight is 783 g/mol. The predicted molar refractivity (Wildman–Crippen MR) is 170 cm³/mol. The van der Waals surface area contributed by atoms with Gasteiger partial charge in [0.25, 0.3) is 0 Å². The van der Waals surface area contributed by atoms with E-state index in [0.717, 1.165) is 68.1 Å². The van der Waals surface area contributed by atoms with Gasteiger partial charge in [-0.2, -0.15) is 38.5 Å². The van der Waals surface area contributed by atoms with Gasteiger partial charge in [0.2, 0.25) is 0 Å². The van der Waals surface area contributed by atoms with Crippen molar-refractivity contribution in [3.05, 3.63) is 135 Å². The Morgan fingerprint density at radius 2 is 0.864 bits per heavy atom. The Balaban J connectivity index is 0.00000176. The predicted octanol–water partition coefficient (Wildman–Crippen LogP) is 10.5. The number of halogens is 6. The molecular weight excluding hydrogens is 753 g/mol. The second-order valence-electron chi connectivity index (χ2n) is 10.9. The quantitative estimate of drug-likeness (QED) is 0.0949. The van der Waals surface area contributed by atoms with Crippen LogP contribution in [0.15, 0.2) is 109 Å². The third-order valence-electron chi connectivity index (χ3n) is 7.99. The molecule has 0 spiro atoms. The van der Waals surface area contributed by atoms with Crippen LogP contribution in [0.5, 0.6) is 0 Å². The van der Waals surface area contributed by atoms with Crippen LogP contribution in [0.4, 0.5) is 26.3 Å². The molecule has 8 heteroatoms. The molecule has 0 aliphatic rings. The molecule has 0 saturated carbocycles. The van der Waals surface area contributed by atoms with Gasteiger partial charge >= 0.3 is 38.2 Å². The van der Waals surface area contributed by atoms with Crippen LogP contribution < -0.4 is 10.4 Å². The van der Waals surface area contributed by atoms with Crippen molar-refractivity contribution in [3.63, 3.8) is 0 Å². The van der Waals surface area contributed by atoms with Gasteiger partial charge in [0.05, 0.1) is 19.2 Å². The Hall–Kier alpha value is -3.23. The first kappa shape index (κ1) is 35.2. The van der Waals surface area contributed by atoms with Gasteiger partial charge in [-0.1, -0.05) is 60.6 Å². The normalized spacial score (nSPS) is 12.0. The Labute approximate surface area is 273 Å². The summed E-state index contributed by atoms with van der Waals surface area (Å²) < 4.78 is 78.5. The SMILES string of the molecule is C[Si](C)(c1cc2c(-c3ccc(C(F)(F)F)cc3)cccc2[cH-]1)c1cc2c(-c3ccc(C(F)(F)F)cc3)cccc2[cH-]1.[CH3-].[CH3-].[Hf+4]. The van der Waals surface area contributed by atoms with Crippen LogP contribution in [-0.4, -0.2) is 8.07 Å². The first-order valence-electron chi connectivity index (χ1n) is 13.1. The van der Waals surface area contributed by atoms with Crippen LogP contribution in [0.1, 0.15) is 11.1 Å². The molecule has 44 heavy (non-hydrogen) atoms. The fourth-order valence-corrected chi connectivity index (χ4v) is 7.92. The van der Waals surface area contributed by atoms with Crippen molar-refractivity contribution in [1.29, 1.82) is 0 Å². The van der Waals surface area contributed by atoms with Gasteiger partial charge in [-0.05, 0) is 35.4 Å². The zero-order chi connectivity index (χ0) is 29.2. The maximum Gasteiger partial charge on any atom is 4.00 e. The van der Waals surface area contributed by atoms with E-state index in [0.29, 0.717) is 0 Å². The largest absolute Gasteiger partial charge is 4.00 e. The van der Waals surface area contributed by atoms with E-state index >= 15 is 0 Å². The molecule has 6 aromatic rings. The summed E-state index contributed by atoms with van der Waals surface area (Å²) >= 11 is 0. The van der Waals surface area contributed by atoms with E-state index < -0.39 is 31.6 Å². The molecule has 0 aliphatic heterocycles. The minimum atomic E-state index is -4.39. The number of alkyl halides is 6. The number of benzene rings is 4. The van der Waals surface area contributed by atoms with Gasteiger partial charge in [0, 0.05) is 0 Å². The van der Waals surface area contributed by atoms with Gasteiger partial charge in [-0.25, -0.2) is 0 Å². The van der Waals surface area contributed by atoms with Crippen LogP contribution in [-0.2, 0) is 38.2 Å². The first-order valence-corrected chi connectivity index (χ1v) is 16.1. The summed E-state index contributed by atoms with van der Waals surface area (Å²) in [7, 11) is -2.23. The second-order valence-corrected chi connectivity index (χ2v) is 15.3. The molecule has 224 valence electrons. The minimum Gasteiger partial charge on any atom is -0.358 e. The molecule has 0 aliphatic carbocycles. The average Bonchev–Trinajstić information content (AvgIpc) is 3.58. The van der Waals surface area contributed by atoms with Crippen LogP contribution in [0.2, 0.25) is 13.1 Å². The van der Waals surface area contributed by atoms with Crippen molar-refractivity contribution >= 4 is 40.0 Å². The van der Waals surface area contributed by atoms with Gasteiger partial charge in [0.1, 0.15) is 0 Å². The van der Waals surface area contributed by atoms with Crippen molar-refractivity contribution in [2.24, 2.45) is 0 Å². The van der Waals surface area contributed by atoms with Gasteiger partial charge in [0.15, 0.2) is 0 Å². The van der Waals surface area contributed by atoms with Crippen molar-refractivity contribution in [3.8, 4) is 22.3 Å². The van der Waals surface area contributed by atoms with Crippen LogP contribution in [0.25, 0.3) is 43.8 Å².